The van der Waals surface area contributed by atoms with Gasteiger partial charge in [0.05, 0.1) is 23.0 Å². The van der Waals surface area contributed by atoms with Crippen LogP contribution >= 0.6 is 11.3 Å². The highest BCUT2D eigenvalue weighted by atomic mass is 32.1. The first-order chi connectivity index (χ1) is 15.8. The van der Waals surface area contributed by atoms with Crippen molar-refractivity contribution in [3.8, 4) is 17.0 Å². The normalized spacial score (nSPS) is 16.3. The molecule has 2 unspecified atom stereocenters. The molecule has 0 spiro atoms. The van der Waals surface area contributed by atoms with Crippen molar-refractivity contribution in [2.45, 2.75) is 46.3 Å². The second-order valence-electron chi connectivity index (χ2n) is 8.64. The number of hydrogen-bond donors (Lipinski definition) is 0. The smallest absolute Gasteiger partial charge is 0.328 e. The molecule has 0 bridgehead atoms. The van der Waals surface area contributed by atoms with E-state index in [1.165, 1.54) is 10.5 Å². The number of benzene rings is 2. The van der Waals surface area contributed by atoms with Gasteiger partial charge in [-0.05, 0) is 43.5 Å². The number of nitrogens with zero attached hydrogens (tertiary/aromatic N) is 2. The van der Waals surface area contributed by atoms with E-state index in [1.807, 2.05) is 55.6 Å². The Balaban J connectivity index is 1.62. The van der Waals surface area contributed by atoms with E-state index in [4.69, 9.17) is 14.5 Å². The number of amides is 1. The van der Waals surface area contributed by atoms with Crippen LogP contribution in [0.25, 0.3) is 11.3 Å². The predicted molar refractivity (Wildman–Crippen MR) is 130 cm³/mol. The second kappa shape index (κ2) is 9.75. The van der Waals surface area contributed by atoms with Crippen molar-refractivity contribution in [2.24, 2.45) is 5.92 Å². The van der Waals surface area contributed by atoms with Gasteiger partial charge in [-0.25, -0.2) is 9.78 Å². The molecule has 0 aliphatic carbocycles. The minimum atomic E-state index is -0.763. The maximum Gasteiger partial charge on any atom is 0.328 e. The molecule has 3 aromatic rings. The summed E-state index contributed by atoms with van der Waals surface area (Å²) >= 11 is 1.60. The average molecular weight is 465 g/mol. The van der Waals surface area contributed by atoms with Crippen LogP contribution in [-0.4, -0.2) is 35.6 Å². The Hall–Kier alpha value is -3.19. The molecule has 0 radical (unpaired) electrons. The largest absolute Gasteiger partial charge is 0.479 e. The van der Waals surface area contributed by atoms with E-state index in [1.54, 1.807) is 25.2 Å². The van der Waals surface area contributed by atoms with Crippen molar-refractivity contribution in [2.75, 3.05) is 11.5 Å². The maximum atomic E-state index is 13.0. The van der Waals surface area contributed by atoms with Crippen molar-refractivity contribution in [3.05, 3.63) is 64.5 Å². The summed E-state index contributed by atoms with van der Waals surface area (Å²) < 4.78 is 11.2. The minimum Gasteiger partial charge on any atom is -0.479 e. The van der Waals surface area contributed by atoms with Crippen molar-refractivity contribution >= 4 is 28.9 Å². The highest BCUT2D eigenvalue weighted by Crippen LogP contribution is 2.39. The lowest BCUT2D eigenvalue weighted by molar-refractivity contribution is -0.147. The first kappa shape index (κ1) is 23.0. The number of ether oxygens (including phenoxy) is 2. The summed E-state index contributed by atoms with van der Waals surface area (Å²) in [5.41, 5.74) is 3.46. The molecule has 6 nitrogen and oxygen atoms in total. The van der Waals surface area contributed by atoms with Crippen LogP contribution in [0, 0.1) is 5.92 Å². The number of fused-ring (bicyclic) bond motifs is 1. The van der Waals surface area contributed by atoms with Crippen molar-refractivity contribution in [3.63, 3.8) is 0 Å². The molecule has 2 heterocycles. The third-order valence-corrected chi connectivity index (χ3v) is 6.29. The summed E-state index contributed by atoms with van der Waals surface area (Å²) in [6.07, 6.45) is 0.0842. The number of carbonyl (C=O) groups excluding carboxylic acids is 2. The Morgan fingerprint density at radius 2 is 1.94 bits per heavy atom. The van der Waals surface area contributed by atoms with Gasteiger partial charge in [0.25, 0.3) is 5.91 Å². The molecule has 2 atom stereocenters. The van der Waals surface area contributed by atoms with Crippen LogP contribution in [0.2, 0.25) is 0 Å². The van der Waals surface area contributed by atoms with Gasteiger partial charge in [-0.2, -0.15) is 0 Å². The van der Waals surface area contributed by atoms with E-state index in [0.29, 0.717) is 18.0 Å². The molecule has 1 amide bonds. The molecule has 1 aromatic heterocycles. The van der Waals surface area contributed by atoms with Crippen LogP contribution in [0.3, 0.4) is 0 Å². The number of esters is 1. The van der Waals surface area contributed by atoms with Gasteiger partial charge in [0.15, 0.2) is 6.10 Å². The number of carbonyl (C=O) groups is 2. The molecule has 0 fully saturated rings. The van der Waals surface area contributed by atoms with Gasteiger partial charge in [0.1, 0.15) is 11.8 Å². The Kier molecular flexibility index (Phi) is 6.79. The number of aromatic nitrogens is 1. The summed E-state index contributed by atoms with van der Waals surface area (Å²) in [5, 5.41) is 3.02. The van der Waals surface area contributed by atoms with Gasteiger partial charge in [-0.3, -0.25) is 9.69 Å². The summed E-state index contributed by atoms with van der Waals surface area (Å²) in [6, 6.07) is 15.1. The molecule has 33 heavy (non-hydrogen) atoms. The first-order valence-electron chi connectivity index (χ1n) is 11.1. The molecular formula is C26H28N2O4S. The number of hydrogen-bond acceptors (Lipinski definition) is 6. The topological polar surface area (TPSA) is 68.7 Å². The van der Waals surface area contributed by atoms with E-state index < -0.39 is 18.1 Å². The SMILES string of the molecule is CC(C)COC(=O)C(C)N1C(=O)C(C)Oc2ccc(-c3csc(Cc4ccccc4)n3)cc21. The molecule has 2 aromatic carbocycles. The molecule has 4 rings (SSSR count). The van der Waals surface area contributed by atoms with Crippen LogP contribution in [0.4, 0.5) is 5.69 Å². The Morgan fingerprint density at radius 3 is 2.67 bits per heavy atom. The number of thiazole rings is 1. The Bertz CT molecular complexity index is 1140. The first-order valence-corrected chi connectivity index (χ1v) is 12.0. The van der Waals surface area contributed by atoms with Gasteiger partial charge in [-0.15, -0.1) is 11.3 Å². The second-order valence-corrected chi connectivity index (χ2v) is 9.58. The van der Waals surface area contributed by atoms with Crippen LogP contribution < -0.4 is 9.64 Å². The molecule has 1 aliphatic rings. The number of rotatable bonds is 7. The van der Waals surface area contributed by atoms with Crippen molar-refractivity contribution < 1.29 is 19.1 Å². The molecule has 1 aliphatic heterocycles. The predicted octanol–water partition coefficient (Wildman–Crippen LogP) is 5.10. The fourth-order valence-electron chi connectivity index (χ4n) is 3.69. The summed E-state index contributed by atoms with van der Waals surface area (Å²) in [7, 11) is 0. The number of anilines is 1. The lowest BCUT2D eigenvalue weighted by Gasteiger charge is -2.36. The molecule has 172 valence electrons. The molecule has 0 N–H and O–H groups in total. The zero-order valence-electron chi connectivity index (χ0n) is 19.3. The quantitative estimate of drug-likeness (QED) is 0.455. The molecule has 0 saturated carbocycles. The lowest BCUT2D eigenvalue weighted by Crippen LogP contribution is -2.52. The van der Waals surface area contributed by atoms with Gasteiger partial charge < -0.3 is 9.47 Å². The van der Waals surface area contributed by atoms with Crippen LogP contribution in [0.15, 0.2) is 53.9 Å². The Morgan fingerprint density at radius 1 is 1.18 bits per heavy atom. The molecular weight excluding hydrogens is 436 g/mol. The zero-order valence-corrected chi connectivity index (χ0v) is 20.1. The van der Waals surface area contributed by atoms with E-state index in [0.717, 1.165) is 22.7 Å². The van der Waals surface area contributed by atoms with E-state index in [2.05, 4.69) is 12.1 Å². The van der Waals surface area contributed by atoms with Gasteiger partial charge in [0, 0.05) is 17.4 Å². The van der Waals surface area contributed by atoms with E-state index >= 15 is 0 Å². The molecule has 7 heteroatoms. The van der Waals surface area contributed by atoms with Crippen LogP contribution in [0.5, 0.6) is 5.75 Å². The fourth-order valence-corrected chi connectivity index (χ4v) is 4.53. The fraction of sp³-hybridized carbons (Fsp3) is 0.346. The summed E-state index contributed by atoms with van der Waals surface area (Å²) in [5.74, 6) is 0.0844. The highest BCUT2D eigenvalue weighted by Gasteiger charge is 2.38. The monoisotopic (exact) mass is 464 g/mol. The molecule has 0 saturated heterocycles. The maximum absolute atomic E-state index is 13.0. The summed E-state index contributed by atoms with van der Waals surface area (Å²) in [6.45, 7) is 7.64. The highest BCUT2D eigenvalue weighted by molar-refractivity contribution is 7.10. The third kappa shape index (κ3) is 5.09. The zero-order chi connectivity index (χ0) is 23.5. The van der Waals surface area contributed by atoms with Crippen LogP contribution in [0.1, 0.15) is 38.3 Å². The van der Waals surface area contributed by atoms with E-state index in [-0.39, 0.29) is 11.8 Å². The standard InChI is InChI=1S/C26H28N2O4S/c1-16(2)14-31-26(30)17(3)28-22-13-20(10-11-23(22)32-18(4)25(28)29)21-15-33-24(27-21)12-19-8-6-5-7-9-19/h5-11,13,15-18H,12,14H2,1-4H3. The summed E-state index contributed by atoms with van der Waals surface area (Å²) in [4.78, 5) is 32.0. The third-order valence-electron chi connectivity index (χ3n) is 5.44. The Labute approximate surface area is 198 Å². The van der Waals surface area contributed by atoms with Crippen molar-refractivity contribution in [1.29, 1.82) is 0 Å². The minimum absolute atomic E-state index is 0.217. The van der Waals surface area contributed by atoms with Gasteiger partial charge in [0.2, 0.25) is 0 Å². The van der Waals surface area contributed by atoms with Gasteiger partial charge in [-0.1, -0.05) is 44.2 Å². The van der Waals surface area contributed by atoms with E-state index in [9.17, 15) is 9.59 Å². The van der Waals surface area contributed by atoms with Gasteiger partial charge >= 0.3 is 5.97 Å². The lowest BCUT2D eigenvalue weighted by atomic mass is 10.1. The average Bonchev–Trinajstić information content (AvgIpc) is 3.26. The van der Waals surface area contributed by atoms with Crippen LogP contribution in [-0.2, 0) is 20.7 Å². The van der Waals surface area contributed by atoms with Crippen molar-refractivity contribution in [1.82, 2.24) is 4.98 Å².